The Balaban J connectivity index is 0.975. The third-order valence-electron chi connectivity index (χ3n) is 14.9. The zero-order valence-electron chi connectivity index (χ0n) is 25.7. The minimum absolute atomic E-state index is 0.491. The lowest BCUT2D eigenvalue weighted by molar-refractivity contribution is 0.0802. The van der Waals surface area contributed by atoms with E-state index in [1.165, 1.54) is 83.5 Å². The van der Waals surface area contributed by atoms with Gasteiger partial charge in [-0.15, -0.1) is 0 Å². The fourth-order valence-electron chi connectivity index (χ4n) is 13.1. The molecule has 0 radical (unpaired) electrons. The van der Waals surface area contributed by atoms with Gasteiger partial charge in [-0.3, -0.25) is 0 Å². The molecule has 0 aromatic carbocycles. The molecule has 9 aliphatic rings. The van der Waals surface area contributed by atoms with Gasteiger partial charge in [-0.2, -0.15) is 0 Å². The highest BCUT2D eigenvalue weighted by molar-refractivity contribution is 5.52. The van der Waals surface area contributed by atoms with E-state index < -0.39 is 0 Å². The third-order valence-corrected chi connectivity index (χ3v) is 14.9. The number of rotatable bonds is 2. The lowest BCUT2D eigenvalue weighted by Gasteiger charge is -2.50. The smallest absolute Gasteiger partial charge is 0.00585 e. The second kappa shape index (κ2) is 9.59. The molecule has 0 spiro atoms. The van der Waals surface area contributed by atoms with Crippen LogP contribution in [0.15, 0.2) is 82.5 Å². The van der Waals surface area contributed by atoms with Crippen molar-refractivity contribution < 1.29 is 0 Å². The van der Waals surface area contributed by atoms with Gasteiger partial charge in [0.05, 0.1) is 0 Å². The van der Waals surface area contributed by atoms with E-state index in [1.54, 1.807) is 16.7 Å². The van der Waals surface area contributed by atoms with Gasteiger partial charge in [0.1, 0.15) is 0 Å². The molecule has 41 heavy (non-hydrogen) atoms. The summed E-state index contributed by atoms with van der Waals surface area (Å²) in [7, 11) is 0. The van der Waals surface area contributed by atoms with Crippen molar-refractivity contribution in [3.05, 3.63) is 82.5 Å². The van der Waals surface area contributed by atoms with Crippen molar-refractivity contribution >= 4 is 0 Å². The average molecular weight is 545 g/mol. The summed E-state index contributed by atoms with van der Waals surface area (Å²) in [6.45, 7) is 5.45. The summed E-state index contributed by atoms with van der Waals surface area (Å²) in [5, 5.41) is 0. The fourth-order valence-corrected chi connectivity index (χ4v) is 13.1. The lowest BCUT2D eigenvalue weighted by atomic mass is 9.54. The second-order valence-corrected chi connectivity index (χ2v) is 16.6. The first-order valence-electron chi connectivity index (χ1n) is 17.9. The average Bonchev–Trinajstić information content (AvgIpc) is 3.24. The Bertz CT molecular complexity index is 1320. The molecule has 216 valence electrons. The Hall–Kier alpha value is -1.82. The van der Waals surface area contributed by atoms with Crippen molar-refractivity contribution in [3.63, 3.8) is 0 Å². The predicted molar refractivity (Wildman–Crippen MR) is 171 cm³/mol. The summed E-state index contributed by atoms with van der Waals surface area (Å²) in [5.41, 5.74) is 9.38. The lowest BCUT2D eigenvalue weighted by Crippen LogP contribution is -2.39. The zero-order chi connectivity index (χ0) is 27.3. The van der Waals surface area contributed by atoms with Gasteiger partial charge in [0.15, 0.2) is 0 Å². The molecule has 0 saturated heterocycles. The molecule has 9 rings (SSSR count). The molecule has 9 aliphatic carbocycles. The van der Waals surface area contributed by atoms with Crippen molar-refractivity contribution in [2.24, 2.45) is 70.5 Å². The molecule has 4 fully saturated rings. The van der Waals surface area contributed by atoms with Gasteiger partial charge in [0, 0.05) is 5.92 Å². The zero-order valence-corrected chi connectivity index (χ0v) is 25.7. The van der Waals surface area contributed by atoms with E-state index in [0.717, 1.165) is 59.2 Å². The highest BCUT2D eigenvalue weighted by atomic mass is 14.6. The van der Waals surface area contributed by atoms with E-state index in [1.807, 2.05) is 11.1 Å². The molecule has 0 aliphatic heterocycles. The summed E-state index contributed by atoms with van der Waals surface area (Å²) >= 11 is 0. The summed E-state index contributed by atoms with van der Waals surface area (Å²) in [4.78, 5) is 0. The summed E-state index contributed by atoms with van der Waals surface area (Å²) < 4.78 is 0. The number of allylic oxidation sites excluding steroid dienone is 14. The third kappa shape index (κ3) is 3.83. The topological polar surface area (TPSA) is 0 Å². The molecule has 0 nitrogen and oxygen atoms in total. The Kier molecular flexibility index (Phi) is 6.00. The number of hydrogen-bond acceptors (Lipinski definition) is 0. The van der Waals surface area contributed by atoms with E-state index in [9.17, 15) is 0 Å². The van der Waals surface area contributed by atoms with Crippen LogP contribution in [0.1, 0.15) is 97.3 Å². The Morgan fingerprint density at radius 2 is 1.61 bits per heavy atom. The Morgan fingerprint density at radius 1 is 0.732 bits per heavy atom. The molecule has 11 unspecified atom stereocenters. The van der Waals surface area contributed by atoms with Gasteiger partial charge >= 0.3 is 0 Å². The molecule has 0 amide bonds. The summed E-state index contributed by atoms with van der Waals surface area (Å²) in [5.74, 6) is 9.77. The van der Waals surface area contributed by atoms with Crippen LogP contribution in [-0.4, -0.2) is 0 Å². The first kappa shape index (κ1) is 25.7. The fraction of sp³-hybridized carbons (Fsp3) is 0.659. The van der Waals surface area contributed by atoms with Crippen molar-refractivity contribution in [3.8, 4) is 0 Å². The standard InChI is InChI=1S/C41H52/c1-41(2)37-23-29(32-12-6-8-25-7-3-4-11-31(25)32)17-20-34(37)35-21-18-30(24-38(35)41)33-19-15-28-14-13-26-9-5-10-27-16-22-36(33)40(28)39(26)27/h3-4,6-7,11-15,25-27,29-30,33-35,37-39H,5,8-10,16-24H2,1-2H3. The maximum atomic E-state index is 2.73. The van der Waals surface area contributed by atoms with Crippen molar-refractivity contribution in [1.82, 2.24) is 0 Å². The molecular formula is C41H52. The van der Waals surface area contributed by atoms with Crippen molar-refractivity contribution in [2.45, 2.75) is 97.3 Å². The first-order chi connectivity index (χ1) is 20.1. The summed E-state index contributed by atoms with van der Waals surface area (Å²) in [6.07, 6.45) is 41.1. The normalized spacial score (nSPS) is 47.0. The van der Waals surface area contributed by atoms with E-state index in [-0.39, 0.29) is 0 Å². The molecule has 0 bridgehead atoms. The molecule has 0 aromatic heterocycles. The van der Waals surface area contributed by atoms with Crippen LogP contribution in [0.4, 0.5) is 0 Å². The molecule has 4 saturated carbocycles. The van der Waals surface area contributed by atoms with Crippen LogP contribution in [-0.2, 0) is 0 Å². The van der Waals surface area contributed by atoms with Gasteiger partial charge < -0.3 is 0 Å². The van der Waals surface area contributed by atoms with Crippen molar-refractivity contribution in [1.29, 1.82) is 0 Å². The number of hydrogen-bond donors (Lipinski definition) is 0. The van der Waals surface area contributed by atoms with E-state index in [4.69, 9.17) is 0 Å². The van der Waals surface area contributed by atoms with Crippen LogP contribution in [0.3, 0.4) is 0 Å². The van der Waals surface area contributed by atoms with E-state index >= 15 is 0 Å². The van der Waals surface area contributed by atoms with Gasteiger partial charge in [0.2, 0.25) is 0 Å². The monoisotopic (exact) mass is 544 g/mol. The van der Waals surface area contributed by atoms with Crippen LogP contribution in [0.2, 0.25) is 0 Å². The first-order valence-corrected chi connectivity index (χ1v) is 17.9. The highest BCUT2D eigenvalue weighted by Crippen LogP contribution is 2.66. The van der Waals surface area contributed by atoms with Gasteiger partial charge in [-0.1, -0.05) is 80.5 Å². The SMILES string of the molecule is CC1(C)C2CC(C3=C4C=CC=CC4CC=C3)CCC2C2CCC(C3CC=C4C=CC5CCCC6CCC3=C4C56)CC21. The Morgan fingerprint density at radius 3 is 2.54 bits per heavy atom. The van der Waals surface area contributed by atoms with Crippen molar-refractivity contribution in [2.75, 3.05) is 0 Å². The van der Waals surface area contributed by atoms with Gasteiger partial charge in [0.25, 0.3) is 0 Å². The quantitative estimate of drug-likeness (QED) is 0.324. The number of fused-ring (bicyclic) bond motifs is 4. The molecule has 0 N–H and O–H groups in total. The molecule has 11 atom stereocenters. The summed E-state index contributed by atoms with van der Waals surface area (Å²) in [6, 6.07) is 0. The molecule has 0 heteroatoms. The second-order valence-electron chi connectivity index (χ2n) is 16.6. The Labute approximate surface area is 249 Å². The van der Waals surface area contributed by atoms with E-state index in [2.05, 4.69) is 68.5 Å². The molecule has 0 aromatic rings. The largest absolute Gasteiger partial charge is 0.0833 e. The van der Waals surface area contributed by atoms with Gasteiger partial charge in [-0.25, -0.2) is 0 Å². The molecule has 0 heterocycles. The molecular weight excluding hydrogens is 492 g/mol. The van der Waals surface area contributed by atoms with Crippen LogP contribution in [0.5, 0.6) is 0 Å². The van der Waals surface area contributed by atoms with Crippen LogP contribution >= 0.6 is 0 Å². The minimum atomic E-state index is 0.491. The predicted octanol–water partition coefficient (Wildman–Crippen LogP) is 10.7. The van der Waals surface area contributed by atoms with Crippen LogP contribution < -0.4 is 0 Å². The van der Waals surface area contributed by atoms with Crippen LogP contribution in [0, 0.1) is 70.5 Å². The van der Waals surface area contributed by atoms with Gasteiger partial charge in [-0.05, 0) is 164 Å². The minimum Gasteiger partial charge on any atom is -0.0833 e. The maximum Gasteiger partial charge on any atom is 0.00585 e. The maximum absolute atomic E-state index is 2.73. The van der Waals surface area contributed by atoms with E-state index in [0.29, 0.717) is 11.3 Å². The highest BCUT2D eigenvalue weighted by Gasteiger charge is 2.58. The van der Waals surface area contributed by atoms with Crippen LogP contribution in [0.25, 0.3) is 0 Å².